The van der Waals surface area contributed by atoms with Gasteiger partial charge in [0.15, 0.2) is 5.16 Å². The first-order chi connectivity index (χ1) is 11.9. The second-order valence-corrected chi connectivity index (χ2v) is 8.27. The largest absolute Gasteiger partial charge is 0.467 e. The average molecular weight is 363 g/mol. The highest BCUT2D eigenvalue weighted by Gasteiger charge is 2.28. The van der Waals surface area contributed by atoms with Crippen LogP contribution in [-0.4, -0.2) is 39.0 Å². The smallest absolute Gasteiger partial charge is 0.230 e. The molecule has 0 spiro atoms. The summed E-state index contributed by atoms with van der Waals surface area (Å²) in [4.78, 5) is 13.7. The van der Waals surface area contributed by atoms with Crippen LogP contribution in [0, 0.1) is 11.8 Å². The van der Waals surface area contributed by atoms with Crippen molar-refractivity contribution in [2.45, 2.75) is 44.1 Å². The van der Waals surface area contributed by atoms with Crippen LogP contribution in [0.1, 0.15) is 33.0 Å². The van der Waals surface area contributed by atoms with Crippen molar-refractivity contribution in [3.8, 4) is 0 Å². The molecule has 1 amide bonds. The Bertz CT molecular complexity index is 705. The quantitative estimate of drug-likeness (QED) is 0.793. The number of primary amides is 1. The Morgan fingerprint density at radius 2 is 2.12 bits per heavy atom. The van der Waals surface area contributed by atoms with Crippen molar-refractivity contribution in [1.29, 1.82) is 0 Å². The molecule has 8 heteroatoms. The van der Waals surface area contributed by atoms with E-state index in [1.165, 1.54) is 18.2 Å². The van der Waals surface area contributed by atoms with E-state index in [2.05, 4.69) is 28.9 Å². The molecule has 1 aliphatic rings. The van der Waals surface area contributed by atoms with Gasteiger partial charge in [-0.05, 0) is 37.3 Å². The van der Waals surface area contributed by atoms with E-state index in [-0.39, 0.29) is 11.2 Å². The van der Waals surface area contributed by atoms with Gasteiger partial charge in [0.05, 0.1) is 18.1 Å². The molecule has 3 atom stereocenters. The van der Waals surface area contributed by atoms with Crippen LogP contribution in [0.5, 0.6) is 0 Å². The Kier molecular flexibility index (Phi) is 5.36. The van der Waals surface area contributed by atoms with Gasteiger partial charge in [-0.25, -0.2) is 0 Å². The standard InChI is InChI=1S/C17H25N5O2S/c1-11-7-12(2)9-21(8-11)16-19-20-17(25-13(3)15(18)23)22(16)10-14-5-4-6-24-14/h4-6,11-13H,7-10H2,1-3H3,(H2,18,23)/t11-,12+,13-/m1/s1. The van der Waals surface area contributed by atoms with Crippen molar-refractivity contribution in [2.75, 3.05) is 18.0 Å². The summed E-state index contributed by atoms with van der Waals surface area (Å²) in [5.74, 6) is 2.51. The third-order valence-corrected chi connectivity index (χ3v) is 5.52. The summed E-state index contributed by atoms with van der Waals surface area (Å²) in [5, 5.41) is 9.07. The van der Waals surface area contributed by atoms with Crippen LogP contribution in [0.4, 0.5) is 5.95 Å². The number of hydrogen-bond acceptors (Lipinski definition) is 6. The molecule has 136 valence electrons. The van der Waals surface area contributed by atoms with Crippen LogP contribution in [0.15, 0.2) is 28.0 Å². The molecule has 2 N–H and O–H groups in total. The molecule has 25 heavy (non-hydrogen) atoms. The minimum atomic E-state index is -0.369. The molecule has 0 bridgehead atoms. The molecular formula is C17H25N5O2S. The summed E-state index contributed by atoms with van der Waals surface area (Å²) in [7, 11) is 0. The molecule has 0 aromatic carbocycles. The Labute approximate surface area is 152 Å². The van der Waals surface area contributed by atoms with Crippen molar-refractivity contribution < 1.29 is 9.21 Å². The van der Waals surface area contributed by atoms with Gasteiger partial charge in [0.1, 0.15) is 5.76 Å². The van der Waals surface area contributed by atoms with Crippen LogP contribution >= 0.6 is 11.8 Å². The number of rotatable bonds is 6. The minimum Gasteiger partial charge on any atom is -0.467 e. The number of anilines is 1. The van der Waals surface area contributed by atoms with E-state index in [9.17, 15) is 4.79 Å². The summed E-state index contributed by atoms with van der Waals surface area (Å²) < 4.78 is 7.52. The van der Waals surface area contributed by atoms with E-state index in [0.717, 1.165) is 24.8 Å². The number of carbonyl (C=O) groups is 1. The van der Waals surface area contributed by atoms with Crippen LogP contribution in [0.3, 0.4) is 0 Å². The Morgan fingerprint density at radius 1 is 1.40 bits per heavy atom. The first kappa shape index (κ1) is 17.8. The predicted molar refractivity (Wildman–Crippen MR) is 97.5 cm³/mol. The summed E-state index contributed by atoms with van der Waals surface area (Å²) >= 11 is 1.33. The van der Waals surface area contributed by atoms with Crippen molar-refractivity contribution in [1.82, 2.24) is 14.8 Å². The number of nitrogens with zero attached hydrogens (tertiary/aromatic N) is 4. The molecule has 0 aliphatic carbocycles. The zero-order chi connectivity index (χ0) is 18.0. The number of nitrogens with two attached hydrogens (primary N) is 1. The monoisotopic (exact) mass is 363 g/mol. The maximum atomic E-state index is 11.4. The van der Waals surface area contributed by atoms with Gasteiger partial charge in [0.25, 0.3) is 0 Å². The fraction of sp³-hybridized carbons (Fsp3) is 0.588. The average Bonchev–Trinajstić information content (AvgIpc) is 3.17. The molecule has 2 aromatic rings. The SMILES string of the molecule is C[C@@H]1C[C@H](C)CN(c2nnc(S[C@H](C)C(N)=O)n2Cc2ccco2)C1. The lowest BCUT2D eigenvalue weighted by atomic mass is 9.92. The van der Waals surface area contributed by atoms with Crippen molar-refractivity contribution in [2.24, 2.45) is 17.6 Å². The second-order valence-electron chi connectivity index (χ2n) is 6.96. The molecule has 1 aliphatic heterocycles. The number of amides is 1. The van der Waals surface area contributed by atoms with E-state index < -0.39 is 0 Å². The third kappa shape index (κ3) is 4.18. The molecule has 2 aromatic heterocycles. The first-order valence-corrected chi connectivity index (χ1v) is 9.48. The number of furan rings is 1. The van der Waals surface area contributed by atoms with Crippen LogP contribution < -0.4 is 10.6 Å². The van der Waals surface area contributed by atoms with Crippen molar-refractivity contribution in [3.05, 3.63) is 24.2 Å². The van der Waals surface area contributed by atoms with E-state index in [1.807, 2.05) is 16.7 Å². The van der Waals surface area contributed by atoms with Gasteiger partial charge < -0.3 is 15.1 Å². The Hall–Kier alpha value is -1.96. The highest BCUT2D eigenvalue weighted by molar-refractivity contribution is 8.00. The Morgan fingerprint density at radius 3 is 2.72 bits per heavy atom. The lowest BCUT2D eigenvalue weighted by Gasteiger charge is -2.35. The van der Waals surface area contributed by atoms with Gasteiger partial charge in [-0.2, -0.15) is 0 Å². The highest BCUT2D eigenvalue weighted by Crippen LogP contribution is 2.30. The minimum absolute atomic E-state index is 0.362. The van der Waals surface area contributed by atoms with E-state index in [4.69, 9.17) is 10.2 Å². The van der Waals surface area contributed by atoms with E-state index in [1.54, 1.807) is 13.2 Å². The zero-order valence-electron chi connectivity index (χ0n) is 14.9. The van der Waals surface area contributed by atoms with Gasteiger partial charge in [-0.3, -0.25) is 9.36 Å². The molecule has 3 rings (SSSR count). The van der Waals surface area contributed by atoms with E-state index in [0.29, 0.717) is 23.5 Å². The summed E-state index contributed by atoms with van der Waals surface area (Å²) in [6.07, 6.45) is 2.88. The molecule has 0 saturated carbocycles. The van der Waals surface area contributed by atoms with Crippen LogP contribution in [0.25, 0.3) is 0 Å². The maximum Gasteiger partial charge on any atom is 0.230 e. The molecule has 1 fully saturated rings. The summed E-state index contributed by atoms with van der Waals surface area (Å²) in [6.45, 7) is 8.75. The zero-order valence-corrected chi connectivity index (χ0v) is 15.7. The number of thioether (sulfide) groups is 1. The van der Waals surface area contributed by atoms with Gasteiger partial charge in [0, 0.05) is 13.1 Å². The molecule has 0 unspecified atom stereocenters. The third-order valence-electron chi connectivity index (χ3n) is 4.43. The van der Waals surface area contributed by atoms with Crippen molar-refractivity contribution >= 4 is 23.6 Å². The predicted octanol–water partition coefficient (Wildman–Crippen LogP) is 2.37. The van der Waals surface area contributed by atoms with Gasteiger partial charge in [0.2, 0.25) is 11.9 Å². The summed E-state index contributed by atoms with van der Waals surface area (Å²) in [5.41, 5.74) is 5.41. The maximum absolute atomic E-state index is 11.4. The number of aromatic nitrogens is 3. The van der Waals surface area contributed by atoms with E-state index >= 15 is 0 Å². The first-order valence-electron chi connectivity index (χ1n) is 8.60. The van der Waals surface area contributed by atoms with Gasteiger partial charge >= 0.3 is 0 Å². The number of hydrogen-bond donors (Lipinski definition) is 1. The second kappa shape index (κ2) is 7.51. The summed E-state index contributed by atoms with van der Waals surface area (Å²) in [6, 6.07) is 3.79. The van der Waals surface area contributed by atoms with Crippen LogP contribution in [0.2, 0.25) is 0 Å². The normalized spacial score (nSPS) is 22.1. The van der Waals surface area contributed by atoms with Gasteiger partial charge in [-0.1, -0.05) is 25.6 Å². The molecule has 7 nitrogen and oxygen atoms in total. The number of piperidine rings is 1. The fourth-order valence-electron chi connectivity index (χ4n) is 3.34. The van der Waals surface area contributed by atoms with Crippen LogP contribution in [-0.2, 0) is 11.3 Å². The molecule has 1 saturated heterocycles. The lowest BCUT2D eigenvalue weighted by molar-refractivity contribution is -0.117. The lowest BCUT2D eigenvalue weighted by Crippen LogP contribution is -2.40. The molecule has 0 radical (unpaired) electrons. The molecule has 3 heterocycles. The van der Waals surface area contributed by atoms with Gasteiger partial charge in [-0.15, -0.1) is 10.2 Å². The highest BCUT2D eigenvalue weighted by atomic mass is 32.2. The Balaban J connectivity index is 1.91. The fourth-order valence-corrected chi connectivity index (χ4v) is 4.14. The molecular weight excluding hydrogens is 338 g/mol. The van der Waals surface area contributed by atoms with Crippen molar-refractivity contribution in [3.63, 3.8) is 0 Å². The topological polar surface area (TPSA) is 90.2 Å². The number of carbonyl (C=O) groups excluding carboxylic acids is 1.